The molecule has 114 valence electrons. The maximum Gasteiger partial charge on any atom is 0.282 e. The molecule has 1 aromatic carbocycles. The Hall–Kier alpha value is -2.08. The predicted octanol–water partition coefficient (Wildman–Crippen LogP) is 2.58. The summed E-state index contributed by atoms with van der Waals surface area (Å²) in [4.78, 5) is 17.3. The van der Waals surface area contributed by atoms with Crippen molar-refractivity contribution >= 4 is 22.8 Å². The highest BCUT2D eigenvalue weighted by Crippen LogP contribution is 2.15. The molecule has 0 atom stereocenters. The second-order valence-electron chi connectivity index (χ2n) is 5.01. The maximum absolute atomic E-state index is 12.7. The van der Waals surface area contributed by atoms with Crippen molar-refractivity contribution in [2.24, 2.45) is 0 Å². The van der Waals surface area contributed by atoms with Gasteiger partial charge >= 0.3 is 0 Å². The molecule has 3 aromatic rings. The highest BCUT2D eigenvalue weighted by molar-refractivity contribution is 7.98. The van der Waals surface area contributed by atoms with E-state index in [1.165, 1.54) is 17.3 Å². The summed E-state index contributed by atoms with van der Waals surface area (Å²) < 4.78 is 3.48. The van der Waals surface area contributed by atoms with Gasteiger partial charge in [-0.3, -0.25) is 14.0 Å². The third-order valence-corrected chi connectivity index (χ3v) is 4.29. The molecule has 0 N–H and O–H groups in total. The summed E-state index contributed by atoms with van der Waals surface area (Å²) in [6.45, 7) is 3.34. The molecule has 6 heteroatoms. The summed E-state index contributed by atoms with van der Waals surface area (Å²) in [6, 6.07) is 10.2. The molecule has 0 spiro atoms. The van der Waals surface area contributed by atoms with Gasteiger partial charge in [-0.2, -0.15) is 5.10 Å². The molecule has 0 unspecified atom stereocenters. The average molecular weight is 314 g/mol. The van der Waals surface area contributed by atoms with E-state index < -0.39 is 0 Å². The first-order chi connectivity index (χ1) is 10.7. The number of fused-ring (bicyclic) bond motifs is 1. The molecule has 0 aliphatic heterocycles. The zero-order chi connectivity index (χ0) is 15.5. The third kappa shape index (κ3) is 2.78. The molecular formula is C16H18N4OS. The van der Waals surface area contributed by atoms with Crippen molar-refractivity contribution < 1.29 is 0 Å². The minimum absolute atomic E-state index is 0.0579. The molecule has 0 saturated heterocycles. The van der Waals surface area contributed by atoms with Crippen molar-refractivity contribution in [3.63, 3.8) is 0 Å². The topological polar surface area (TPSA) is 52.7 Å². The van der Waals surface area contributed by atoms with Crippen LogP contribution in [-0.2, 0) is 19.5 Å². The van der Waals surface area contributed by atoms with Gasteiger partial charge in [0, 0.05) is 13.1 Å². The number of nitrogens with zero attached hydrogens (tertiary/aromatic N) is 4. The van der Waals surface area contributed by atoms with Crippen LogP contribution in [0, 0.1) is 0 Å². The summed E-state index contributed by atoms with van der Waals surface area (Å²) in [5, 5.41) is 5.07. The predicted molar refractivity (Wildman–Crippen MR) is 89.4 cm³/mol. The fraction of sp³-hybridized carbons (Fsp3) is 0.312. The van der Waals surface area contributed by atoms with Crippen LogP contribution in [0.1, 0.15) is 12.5 Å². The van der Waals surface area contributed by atoms with E-state index in [1.807, 2.05) is 37.6 Å². The SMILES string of the molecule is CCn1cc2nc(SC)n(CCc3ccccc3)c(=O)c2n1. The Morgan fingerprint density at radius 2 is 2.00 bits per heavy atom. The first-order valence-corrected chi connectivity index (χ1v) is 8.51. The molecule has 0 saturated carbocycles. The smallest absolute Gasteiger partial charge is 0.282 e. The zero-order valence-corrected chi connectivity index (χ0v) is 13.5. The van der Waals surface area contributed by atoms with Gasteiger partial charge < -0.3 is 0 Å². The Bertz CT molecular complexity index is 838. The van der Waals surface area contributed by atoms with Crippen molar-refractivity contribution in [2.45, 2.75) is 31.6 Å². The van der Waals surface area contributed by atoms with Gasteiger partial charge in [-0.25, -0.2) is 4.98 Å². The standard InChI is InChI=1S/C16H18N4OS/c1-3-19-11-13-14(18-19)15(21)20(16(17-13)22-2)10-9-12-7-5-4-6-8-12/h4-8,11H,3,9-10H2,1-2H3. The molecule has 22 heavy (non-hydrogen) atoms. The highest BCUT2D eigenvalue weighted by atomic mass is 32.2. The number of aryl methyl sites for hydroxylation is 2. The lowest BCUT2D eigenvalue weighted by Gasteiger charge is -2.10. The minimum Gasteiger partial charge on any atom is -0.285 e. The van der Waals surface area contributed by atoms with Crippen LogP contribution >= 0.6 is 11.8 Å². The Labute approximate surface area is 133 Å². The number of benzene rings is 1. The van der Waals surface area contributed by atoms with E-state index in [0.717, 1.165) is 18.1 Å². The van der Waals surface area contributed by atoms with Gasteiger partial charge in [-0.1, -0.05) is 42.1 Å². The van der Waals surface area contributed by atoms with Crippen molar-refractivity contribution in [1.29, 1.82) is 0 Å². The highest BCUT2D eigenvalue weighted by Gasteiger charge is 2.13. The first kappa shape index (κ1) is 14.8. The van der Waals surface area contributed by atoms with Gasteiger partial charge in [-0.05, 0) is 25.2 Å². The van der Waals surface area contributed by atoms with E-state index in [-0.39, 0.29) is 5.56 Å². The number of aromatic nitrogens is 4. The molecule has 0 radical (unpaired) electrons. The van der Waals surface area contributed by atoms with E-state index >= 15 is 0 Å². The molecular weight excluding hydrogens is 296 g/mol. The Kier molecular flexibility index (Phi) is 4.29. The molecule has 5 nitrogen and oxygen atoms in total. The van der Waals surface area contributed by atoms with E-state index in [2.05, 4.69) is 22.2 Å². The number of rotatable bonds is 5. The molecule has 2 heterocycles. The molecule has 0 aliphatic rings. The number of hydrogen-bond donors (Lipinski definition) is 0. The summed E-state index contributed by atoms with van der Waals surface area (Å²) >= 11 is 1.49. The lowest BCUT2D eigenvalue weighted by atomic mass is 10.1. The molecule has 0 bridgehead atoms. The summed E-state index contributed by atoms with van der Waals surface area (Å²) in [6.07, 6.45) is 4.57. The number of hydrogen-bond acceptors (Lipinski definition) is 4. The number of thioether (sulfide) groups is 1. The van der Waals surface area contributed by atoms with Crippen LogP contribution in [0.3, 0.4) is 0 Å². The average Bonchev–Trinajstić information content (AvgIpc) is 2.98. The van der Waals surface area contributed by atoms with Crippen molar-refractivity contribution in [2.75, 3.05) is 6.26 Å². The molecule has 0 fully saturated rings. The monoisotopic (exact) mass is 314 g/mol. The first-order valence-electron chi connectivity index (χ1n) is 7.29. The zero-order valence-electron chi connectivity index (χ0n) is 12.7. The van der Waals surface area contributed by atoms with Crippen LogP contribution in [-0.4, -0.2) is 25.6 Å². The van der Waals surface area contributed by atoms with E-state index in [4.69, 9.17) is 0 Å². The second kappa shape index (κ2) is 6.36. The van der Waals surface area contributed by atoms with Gasteiger partial charge in [0.2, 0.25) is 0 Å². The summed E-state index contributed by atoms with van der Waals surface area (Å²) in [7, 11) is 0. The Balaban J connectivity index is 2.00. The van der Waals surface area contributed by atoms with Gasteiger partial charge in [0.15, 0.2) is 10.7 Å². The fourth-order valence-corrected chi connectivity index (χ4v) is 3.01. The van der Waals surface area contributed by atoms with E-state index in [0.29, 0.717) is 17.6 Å². The van der Waals surface area contributed by atoms with E-state index in [9.17, 15) is 4.79 Å². The fourth-order valence-electron chi connectivity index (χ4n) is 2.42. The van der Waals surface area contributed by atoms with Crippen LogP contribution in [0.2, 0.25) is 0 Å². The third-order valence-electron chi connectivity index (χ3n) is 3.61. The quantitative estimate of drug-likeness (QED) is 0.536. The van der Waals surface area contributed by atoms with Crippen LogP contribution in [0.15, 0.2) is 46.5 Å². The van der Waals surface area contributed by atoms with Crippen LogP contribution < -0.4 is 5.56 Å². The van der Waals surface area contributed by atoms with Crippen LogP contribution in [0.5, 0.6) is 0 Å². The Morgan fingerprint density at radius 3 is 2.68 bits per heavy atom. The van der Waals surface area contributed by atoms with Crippen molar-refractivity contribution in [3.05, 3.63) is 52.4 Å². The van der Waals surface area contributed by atoms with Crippen LogP contribution in [0.25, 0.3) is 11.0 Å². The van der Waals surface area contributed by atoms with Gasteiger partial charge in [0.05, 0.1) is 6.20 Å². The summed E-state index contributed by atoms with van der Waals surface area (Å²) in [5.74, 6) is 0. The van der Waals surface area contributed by atoms with E-state index in [1.54, 1.807) is 9.25 Å². The van der Waals surface area contributed by atoms with Crippen molar-refractivity contribution in [1.82, 2.24) is 19.3 Å². The van der Waals surface area contributed by atoms with Gasteiger partial charge in [-0.15, -0.1) is 0 Å². The largest absolute Gasteiger partial charge is 0.285 e. The maximum atomic E-state index is 12.7. The second-order valence-corrected chi connectivity index (χ2v) is 5.78. The van der Waals surface area contributed by atoms with Gasteiger partial charge in [0.1, 0.15) is 5.52 Å². The summed E-state index contributed by atoms with van der Waals surface area (Å²) in [5.41, 5.74) is 2.28. The Morgan fingerprint density at radius 1 is 1.23 bits per heavy atom. The molecule has 0 aliphatic carbocycles. The minimum atomic E-state index is -0.0579. The normalized spacial score (nSPS) is 11.2. The lowest BCUT2D eigenvalue weighted by Crippen LogP contribution is -2.24. The van der Waals surface area contributed by atoms with Gasteiger partial charge in [0.25, 0.3) is 5.56 Å². The van der Waals surface area contributed by atoms with Crippen molar-refractivity contribution in [3.8, 4) is 0 Å². The molecule has 0 amide bonds. The van der Waals surface area contributed by atoms with Crippen LogP contribution in [0.4, 0.5) is 0 Å². The molecule has 3 rings (SSSR count). The lowest BCUT2D eigenvalue weighted by molar-refractivity contribution is 0.594. The molecule has 2 aromatic heterocycles.